The van der Waals surface area contributed by atoms with Crippen LogP contribution in [0, 0.1) is 19.8 Å². The topological polar surface area (TPSA) is 46.4 Å². The van der Waals surface area contributed by atoms with E-state index < -0.39 is 0 Å². The van der Waals surface area contributed by atoms with Gasteiger partial charge in [0.15, 0.2) is 0 Å². The molecule has 0 bridgehead atoms. The largest absolute Gasteiger partial charge is 0.349 e. The molecule has 4 heteroatoms. The van der Waals surface area contributed by atoms with Crippen LogP contribution in [0.3, 0.4) is 0 Å². The average Bonchev–Trinajstić information content (AvgIpc) is 2.91. The van der Waals surface area contributed by atoms with Crippen molar-refractivity contribution in [3.8, 4) is 0 Å². The van der Waals surface area contributed by atoms with Crippen LogP contribution < -0.4 is 5.32 Å². The van der Waals surface area contributed by atoms with Crippen LogP contribution in [0.5, 0.6) is 0 Å². The smallest absolute Gasteiger partial charge is 0.255 e. The molecule has 1 unspecified atom stereocenters. The van der Waals surface area contributed by atoms with Crippen molar-refractivity contribution < 1.29 is 4.79 Å². The first-order valence-electron chi connectivity index (χ1n) is 8.07. The van der Waals surface area contributed by atoms with Crippen molar-refractivity contribution in [3.63, 3.8) is 0 Å². The lowest BCUT2D eigenvalue weighted by Crippen LogP contribution is -2.37. The van der Waals surface area contributed by atoms with Gasteiger partial charge in [0.25, 0.3) is 5.91 Å². The lowest BCUT2D eigenvalue weighted by atomic mass is 9.91. The van der Waals surface area contributed by atoms with E-state index in [4.69, 9.17) is 0 Å². The van der Waals surface area contributed by atoms with Crippen molar-refractivity contribution in [2.45, 2.75) is 40.2 Å². The summed E-state index contributed by atoms with van der Waals surface area (Å²) in [5.74, 6) is 0.283. The van der Waals surface area contributed by atoms with E-state index in [-0.39, 0.29) is 11.9 Å². The third-order valence-corrected chi connectivity index (χ3v) is 4.50. The molecule has 0 saturated heterocycles. The molecular weight excluding hydrogens is 286 g/mol. The Bertz CT molecular complexity index is 813. The summed E-state index contributed by atoms with van der Waals surface area (Å²) in [4.78, 5) is 17.2. The average molecular weight is 309 g/mol. The Labute approximate surface area is 136 Å². The van der Waals surface area contributed by atoms with Crippen molar-refractivity contribution in [1.29, 1.82) is 0 Å². The highest BCUT2D eigenvalue weighted by Gasteiger charge is 2.20. The highest BCUT2D eigenvalue weighted by molar-refractivity contribution is 6.00. The minimum Gasteiger partial charge on any atom is -0.349 e. The highest BCUT2D eigenvalue weighted by Crippen LogP contribution is 2.20. The summed E-state index contributed by atoms with van der Waals surface area (Å²) in [7, 11) is 0. The summed E-state index contributed by atoms with van der Waals surface area (Å²) in [5.41, 5.74) is 4.65. The number of hydrogen-bond donors (Lipinski definition) is 1. The zero-order chi connectivity index (χ0) is 16.6. The van der Waals surface area contributed by atoms with Crippen LogP contribution in [0.1, 0.15) is 42.0 Å². The predicted octanol–water partition coefficient (Wildman–Crippen LogP) is 3.59. The summed E-state index contributed by atoms with van der Waals surface area (Å²) in [5, 5.41) is 3.13. The van der Waals surface area contributed by atoms with E-state index in [1.54, 1.807) is 0 Å². The molecule has 1 aliphatic rings. The van der Waals surface area contributed by atoms with Crippen LogP contribution >= 0.6 is 0 Å². The van der Waals surface area contributed by atoms with E-state index in [0.717, 1.165) is 23.5 Å². The highest BCUT2D eigenvalue weighted by atomic mass is 16.1. The number of aryl methyl sites for hydroxylation is 2. The summed E-state index contributed by atoms with van der Waals surface area (Å²) in [6, 6.07) is 3.94. The number of nitrogens with zero attached hydrogens (tertiary/aromatic N) is 2. The molecule has 1 N–H and O–H groups in total. The van der Waals surface area contributed by atoms with E-state index in [1.807, 2.05) is 36.6 Å². The van der Waals surface area contributed by atoms with Crippen LogP contribution in [0.4, 0.5) is 0 Å². The molecule has 2 aromatic heterocycles. The molecule has 0 radical (unpaired) electrons. The van der Waals surface area contributed by atoms with Crippen LogP contribution in [0.25, 0.3) is 5.65 Å². The number of amides is 1. The van der Waals surface area contributed by atoms with Gasteiger partial charge in [-0.1, -0.05) is 23.8 Å². The predicted molar refractivity (Wildman–Crippen MR) is 92.6 cm³/mol. The van der Waals surface area contributed by atoms with Gasteiger partial charge in [-0.15, -0.1) is 0 Å². The Kier molecular flexibility index (Phi) is 4.07. The van der Waals surface area contributed by atoms with Gasteiger partial charge in [0.05, 0.1) is 5.56 Å². The lowest BCUT2D eigenvalue weighted by molar-refractivity contribution is 0.0933. The Morgan fingerprint density at radius 1 is 1.39 bits per heavy atom. The molecule has 0 aromatic carbocycles. The van der Waals surface area contributed by atoms with E-state index in [1.165, 1.54) is 5.57 Å². The molecule has 0 saturated carbocycles. The van der Waals surface area contributed by atoms with Gasteiger partial charge in [-0.2, -0.15) is 0 Å². The van der Waals surface area contributed by atoms with Crippen molar-refractivity contribution >= 4 is 11.6 Å². The zero-order valence-electron chi connectivity index (χ0n) is 14.1. The number of carbonyl (C=O) groups is 1. The second-order valence-electron chi connectivity index (χ2n) is 6.43. The number of rotatable bonds is 3. The SMILES string of the molecule is CC1=CCC([C@H](C)NC(=O)c2ccn3c(C)cc(C)nc23)C=C1. The van der Waals surface area contributed by atoms with E-state index in [9.17, 15) is 4.79 Å². The van der Waals surface area contributed by atoms with Gasteiger partial charge in [0, 0.05) is 29.5 Å². The van der Waals surface area contributed by atoms with Crippen LogP contribution in [0.15, 0.2) is 42.1 Å². The lowest BCUT2D eigenvalue weighted by Gasteiger charge is -2.23. The monoisotopic (exact) mass is 309 g/mol. The Morgan fingerprint density at radius 3 is 2.87 bits per heavy atom. The molecule has 0 aliphatic heterocycles. The van der Waals surface area contributed by atoms with Gasteiger partial charge in [-0.05, 0) is 46.2 Å². The third-order valence-electron chi connectivity index (χ3n) is 4.50. The molecule has 0 fully saturated rings. The maximum atomic E-state index is 12.7. The zero-order valence-corrected chi connectivity index (χ0v) is 14.1. The van der Waals surface area contributed by atoms with Crippen LogP contribution in [-0.2, 0) is 0 Å². The van der Waals surface area contributed by atoms with Gasteiger partial charge in [-0.3, -0.25) is 4.79 Å². The first-order chi connectivity index (χ1) is 11.0. The Hall–Kier alpha value is -2.36. The van der Waals surface area contributed by atoms with Crippen LogP contribution in [0.2, 0.25) is 0 Å². The van der Waals surface area contributed by atoms with Gasteiger partial charge in [0.1, 0.15) is 5.65 Å². The van der Waals surface area contributed by atoms with Gasteiger partial charge in [-0.25, -0.2) is 4.98 Å². The fraction of sp³-hybridized carbons (Fsp3) is 0.368. The maximum absolute atomic E-state index is 12.7. The molecule has 3 rings (SSSR count). The minimum atomic E-state index is -0.0582. The number of aromatic nitrogens is 2. The van der Waals surface area contributed by atoms with E-state index in [2.05, 4.69) is 42.4 Å². The second-order valence-corrected chi connectivity index (χ2v) is 6.43. The number of allylic oxidation sites excluding steroid dienone is 3. The molecular formula is C19H23N3O. The third kappa shape index (κ3) is 3.07. The van der Waals surface area contributed by atoms with Crippen molar-refractivity contribution in [2.24, 2.45) is 5.92 Å². The van der Waals surface area contributed by atoms with Gasteiger partial charge >= 0.3 is 0 Å². The van der Waals surface area contributed by atoms with Gasteiger partial charge in [0.2, 0.25) is 0 Å². The van der Waals surface area contributed by atoms with Crippen molar-refractivity contribution in [1.82, 2.24) is 14.7 Å². The molecule has 23 heavy (non-hydrogen) atoms. The fourth-order valence-electron chi connectivity index (χ4n) is 3.08. The number of hydrogen-bond acceptors (Lipinski definition) is 2. The standard InChI is InChI=1S/C19H23N3O/c1-12-5-7-16(8-6-12)15(4)21-19(23)17-9-10-22-14(3)11-13(2)20-18(17)22/h5-7,9-11,15-16H,8H2,1-4H3,(H,21,23)/t15-,16?/m0/s1. The van der Waals surface area contributed by atoms with E-state index >= 15 is 0 Å². The summed E-state index contributed by atoms with van der Waals surface area (Å²) in [6.07, 6.45) is 9.40. The van der Waals surface area contributed by atoms with E-state index in [0.29, 0.717) is 11.5 Å². The second kappa shape index (κ2) is 6.03. The number of fused-ring (bicyclic) bond motifs is 1. The Morgan fingerprint density at radius 2 is 2.17 bits per heavy atom. The van der Waals surface area contributed by atoms with Crippen molar-refractivity contribution in [2.75, 3.05) is 0 Å². The number of carbonyl (C=O) groups excluding carboxylic acids is 1. The first-order valence-corrected chi connectivity index (χ1v) is 8.07. The maximum Gasteiger partial charge on any atom is 0.255 e. The minimum absolute atomic E-state index is 0.0582. The molecule has 4 nitrogen and oxygen atoms in total. The van der Waals surface area contributed by atoms with Crippen molar-refractivity contribution in [3.05, 3.63) is 59.1 Å². The molecule has 2 atom stereocenters. The molecule has 2 aromatic rings. The Balaban J connectivity index is 1.80. The molecule has 2 heterocycles. The molecule has 1 aliphatic carbocycles. The van der Waals surface area contributed by atoms with Crippen LogP contribution in [-0.4, -0.2) is 21.3 Å². The molecule has 1 amide bonds. The summed E-state index contributed by atoms with van der Waals surface area (Å²) in [6.45, 7) is 8.13. The number of nitrogens with one attached hydrogen (secondary N) is 1. The van der Waals surface area contributed by atoms with Gasteiger partial charge < -0.3 is 9.72 Å². The summed E-state index contributed by atoms with van der Waals surface area (Å²) >= 11 is 0. The fourth-order valence-corrected chi connectivity index (χ4v) is 3.08. The first kappa shape index (κ1) is 15.5. The summed E-state index contributed by atoms with van der Waals surface area (Å²) < 4.78 is 1.96. The molecule has 0 spiro atoms. The normalized spacial score (nSPS) is 18.8. The molecule has 120 valence electrons. The quantitative estimate of drug-likeness (QED) is 0.942.